The number of carbonyl (C=O) groups excluding carboxylic acids is 2. The van der Waals surface area contributed by atoms with Crippen molar-refractivity contribution >= 4 is 30.2 Å². The quantitative estimate of drug-likeness (QED) is 0.0183. The summed E-state index contributed by atoms with van der Waals surface area (Å²) in [5.74, 6) is -5.14. The zero-order valence-corrected chi connectivity index (χ0v) is 48.2. The van der Waals surface area contributed by atoms with E-state index < -0.39 is 184 Å². The second-order valence-electron chi connectivity index (χ2n) is 21.5. The first-order valence-electron chi connectivity index (χ1n) is 27.9. The monoisotopic (exact) mass is 1290 g/mol. The molecule has 32 nitrogen and oxygen atoms in total. The van der Waals surface area contributed by atoms with Crippen LogP contribution in [-0.2, 0) is 47.5 Å². The van der Waals surface area contributed by atoms with Crippen LogP contribution in [0.15, 0.2) is 78.6 Å². The number of esters is 2. The van der Waals surface area contributed by atoms with Gasteiger partial charge in [0.25, 0.3) is 11.9 Å². The van der Waals surface area contributed by atoms with Crippen LogP contribution in [0.25, 0.3) is 18.2 Å². The van der Waals surface area contributed by atoms with Crippen molar-refractivity contribution in [3.63, 3.8) is 0 Å². The molecule has 0 radical (unpaired) electrons. The molecule has 32 heteroatoms. The minimum Gasteiger partial charge on any atom is -0.571 e. The van der Waals surface area contributed by atoms with Crippen molar-refractivity contribution in [3.8, 4) is 57.5 Å². The van der Waals surface area contributed by atoms with Gasteiger partial charge in [-0.05, 0) is 66.6 Å². The lowest BCUT2D eigenvalue weighted by Crippen LogP contribution is -2.61. The van der Waals surface area contributed by atoms with Crippen LogP contribution in [-0.4, -0.2) is 260 Å². The molecule has 91 heavy (non-hydrogen) atoms. The predicted molar refractivity (Wildman–Crippen MR) is 300 cm³/mol. The standard InChI is InChI=1S/C59H68O32/c1-22-54(91-41(66)11-7-24-5-9-31(30(64)13-24)85-57-51(76)47(72)44(69)38(89-57)20-81-40(65)10-6-23-4-8-28(62)29(63)12-23)49(74)53(78)56(83-22)82-21-39-45(70)48(73)52(77)59(90-39)87-36-18-27-32(84-55(36)25-14-34(79-2)42(67)35(15-25)80-3)16-26(61)17-33(27)86-58-50(75)46(71)43(68)37(19-60)88-58/h4-18,22,37-39,43-64,67-78H,19-21H2,1-3H3/p+1. The van der Waals surface area contributed by atoms with E-state index in [9.17, 15) is 96.4 Å². The molecule has 0 bridgehead atoms. The average Bonchev–Trinajstić information content (AvgIpc) is 0.986. The number of ether oxygens (including phenoxy) is 13. The molecule has 4 aromatic rings. The molecule has 496 valence electrons. The minimum atomic E-state index is -2.02. The number of rotatable bonds is 20. The number of methoxy groups -OCH3 is 2. The van der Waals surface area contributed by atoms with Crippen LogP contribution in [0.5, 0.6) is 57.5 Å². The van der Waals surface area contributed by atoms with Crippen molar-refractivity contribution in [1.29, 1.82) is 0 Å². The number of phenols is 5. The lowest BCUT2D eigenvalue weighted by Gasteiger charge is -2.43. The summed E-state index contributed by atoms with van der Waals surface area (Å²) < 4.78 is 72.4. The van der Waals surface area contributed by atoms with Gasteiger partial charge in [0.15, 0.2) is 52.7 Å². The first kappa shape index (κ1) is 67.6. The summed E-state index contributed by atoms with van der Waals surface area (Å²) in [6, 6.07) is 12.5. The maximum Gasteiger partial charge on any atom is 0.331 e. The van der Waals surface area contributed by atoms with E-state index in [-0.39, 0.29) is 56.9 Å². The van der Waals surface area contributed by atoms with E-state index >= 15 is 0 Å². The van der Waals surface area contributed by atoms with Crippen molar-refractivity contribution in [2.75, 3.05) is 34.0 Å². The smallest absolute Gasteiger partial charge is 0.331 e. The van der Waals surface area contributed by atoms with Crippen LogP contribution in [0.3, 0.4) is 0 Å². The topological polar surface area (TPSA) is 502 Å². The van der Waals surface area contributed by atoms with Gasteiger partial charge in [0.1, 0.15) is 109 Å². The van der Waals surface area contributed by atoms with Crippen LogP contribution in [0.2, 0.25) is 0 Å². The van der Waals surface area contributed by atoms with Crippen molar-refractivity contribution in [1.82, 2.24) is 0 Å². The Balaban J connectivity index is 0.823. The molecule has 4 fully saturated rings. The Morgan fingerprint density at radius 1 is 0.527 bits per heavy atom. The molecule has 0 aromatic heterocycles. The second kappa shape index (κ2) is 28.8. The first-order valence-corrected chi connectivity index (χ1v) is 27.9. The third-order valence-corrected chi connectivity index (χ3v) is 15.3. The molecule has 5 aliphatic rings. The fourth-order valence-electron chi connectivity index (χ4n) is 10.2. The van der Waals surface area contributed by atoms with E-state index in [1.54, 1.807) is 0 Å². The Hall–Kier alpha value is -7.84. The van der Waals surface area contributed by atoms with Crippen LogP contribution < -0.4 is 18.9 Å². The molecule has 0 amide bonds. The summed E-state index contributed by atoms with van der Waals surface area (Å²) in [4.78, 5) is 25.5. The lowest BCUT2D eigenvalue weighted by molar-refractivity contribution is -0.325. The van der Waals surface area contributed by atoms with Crippen LogP contribution >= 0.6 is 0 Å². The molecule has 9 rings (SSSR count). The van der Waals surface area contributed by atoms with Crippen LogP contribution in [0, 0.1) is 0 Å². The predicted octanol–water partition coefficient (Wildman–Crippen LogP) is -2.88. The zero-order chi connectivity index (χ0) is 65.9. The number of phenolic OH excluding ortho intramolecular Hbond substituents is 5. The highest BCUT2D eigenvalue weighted by Gasteiger charge is 2.51. The molecule has 0 saturated carbocycles. The van der Waals surface area contributed by atoms with Gasteiger partial charge in [0.2, 0.25) is 24.6 Å². The maximum absolute atomic E-state index is 13.1. The summed E-state index contributed by atoms with van der Waals surface area (Å²) >= 11 is 0. The first-order chi connectivity index (χ1) is 43.3. The van der Waals surface area contributed by atoms with Gasteiger partial charge in [-0.3, -0.25) is 0 Å². The molecule has 5 heterocycles. The molecule has 5 aliphatic heterocycles. The largest absolute Gasteiger partial charge is 0.571 e. The van der Waals surface area contributed by atoms with Crippen molar-refractivity contribution < 1.29 is 158 Å². The molecule has 21 atom stereocenters. The van der Waals surface area contributed by atoms with E-state index in [1.807, 2.05) is 0 Å². The fourth-order valence-corrected chi connectivity index (χ4v) is 10.2. The molecule has 0 aliphatic carbocycles. The second-order valence-corrected chi connectivity index (χ2v) is 21.5. The molecule has 18 N–H and O–H groups in total. The Morgan fingerprint density at radius 2 is 1.05 bits per heavy atom. The van der Waals surface area contributed by atoms with Gasteiger partial charge in [-0.15, -0.1) is 0 Å². The van der Waals surface area contributed by atoms with E-state index in [0.717, 1.165) is 24.3 Å². The highest BCUT2D eigenvalue weighted by Crippen LogP contribution is 2.49. The summed E-state index contributed by atoms with van der Waals surface area (Å²) in [6.07, 6.45) is -30.7. The number of benzene rings is 4. The molecule has 4 saturated heterocycles. The van der Waals surface area contributed by atoms with Gasteiger partial charge in [-0.25, -0.2) is 9.59 Å². The zero-order valence-electron chi connectivity index (χ0n) is 48.2. The highest BCUT2D eigenvalue weighted by atomic mass is 16.7. The van der Waals surface area contributed by atoms with Gasteiger partial charge in [0.05, 0.1) is 45.2 Å². The van der Waals surface area contributed by atoms with Gasteiger partial charge < -0.3 is 148 Å². The third kappa shape index (κ3) is 14.9. The molecular weight excluding hydrogens is 1220 g/mol. The van der Waals surface area contributed by atoms with Gasteiger partial charge in [-0.1, -0.05) is 12.1 Å². The Morgan fingerprint density at radius 3 is 1.64 bits per heavy atom. The van der Waals surface area contributed by atoms with E-state index in [1.165, 1.54) is 87.9 Å². The lowest BCUT2D eigenvalue weighted by atomic mass is 9.97. The number of fused-ring (bicyclic) bond motifs is 1. The number of hydrogen-bond acceptors (Lipinski definition) is 31. The Kier molecular flexibility index (Phi) is 21.4. The molecule has 4 aromatic carbocycles. The van der Waals surface area contributed by atoms with Gasteiger partial charge in [-0.2, -0.15) is 0 Å². The Labute approximate surface area is 515 Å². The summed E-state index contributed by atoms with van der Waals surface area (Å²) in [5, 5.41) is 181. The van der Waals surface area contributed by atoms with Gasteiger partial charge >= 0.3 is 11.9 Å². The number of carbonyl (C=O) groups is 2. The van der Waals surface area contributed by atoms with Crippen molar-refractivity contribution in [2.45, 2.75) is 136 Å². The summed E-state index contributed by atoms with van der Waals surface area (Å²) in [6.45, 7) is -0.794. The normalized spacial score (nSPS) is 33.3. The average molecular weight is 1290 g/mol. The number of aliphatic hydroxyl groups is 13. The summed E-state index contributed by atoms with van der Waals surface area (Å²) in [5.41, 5.74) is 0.716. The van der Waals surface area contributed by atoms with Gasteiger partial charge in [0, 0.05) is 24.3 Å². The van der Waals surface area contributed by atoms with Crippen molar-refractivity contribution in [3.05, 3.63) is 101 Å². The van der Waals surface area contributed by atoms with Crippen LogP contribution in [0.1, 0.15) is 35.3 Å². The van der Waals surface area contributed by atoms with Crippen molar-refractivity contribution in [2.24, 2.45) is 0 Å². The number of aromatic hydroxyl groups is 6. The molecule has 0 spiro atoms. The number of hydrogen-bond donors (Lipinski definition) is 17. The highest BCUT2D eigenvalue weighted by molar-refractivity contribution is 5.88. The SMILES string of the molecule is COc1cc(C2[OH+]c3cc(O)cc(OC4OC(CO)C(O)C(O)C4O)c3C=C2OC2OC(COC3OC(C)C(OC(=O)C=Cc4ccc(OC5OC(COC(=O)C=Cc6ccc(O)c(O)c6)C(O)C(O)C5O)c(O)c4)C(O)C3O)C(O)C(O)C2O)cc(OC)c1O. The minimum absolute atomic E-state index is 0.00322. The fraction of sp³-hybridized carbons (Fsp3) is 0.458. The van der Waals surface area contributed by atoms with E-state index in [0.29, 0.717) is 5.56 Å². The van der Waals surface area contributed by atoms with Crippen LogP contribution in [0.4, 0.5) is 0 Å². The van der Waals surface area contributed by atoms with E-state index in [2.05, 4.69) is 0 Å². The molecule has 21 unspecified atom stereocenters. The number of aliphatic hydroxyl groups excluding tert-OH is 12. The summed E-state index contributed by atoms with van der Waals surface area (Å²) in [7, 11) is 2.52. The molecular formula is C59H69O32+. The third-order valence-electron chi connectivity index (χ3n) is 15.3. The van der Waals surface area contributed by atoms with E-state index in [4.69, 9.17) is 61.6 Å². The Bertz CT molecular complexity index is 3270. The maximum atomic E-state index is 13.1.